The molecule has 22 heavy (non-hydrogen) atoms. The molecular formula is C17H20BrN3O. The maximum Gasteiger partial charge on any atom is 0.228 e. The third-order valence-electron chi connectivity index (χ3n) is 3.22. The minimum Gasteiger partial charge on any atom is -0.472 e. The Hall–Kier alpha value is -1.88. The fourth-order valence-electron chi connectivity index (χ4n) is 1.75. The molecule has 0 aliphatic carbocycles. The van der Waals surface area contributed by atoms with Crippen LogP contribution in [0.25, 0.3) is 0 Å². The zero-order chi connectivity index (χ0) is 15.9. The van der Waals surface area contributed by atoms with Gasteiger partial charge in [-0.3, -0.25) is 0 Å². The van der Waals surface area contributed by atoms with Crippen molar-refractivity contribution in [1.82, 2.24) is 9.88 Å². The van der Waals surface area contributed by atoms with Gasteiger partial charge in [0, 0.05) is 13.6 Å². The number of ether oxygens (including phenoxy) is 1. The van der Waals surface area contributed by atoms with Crippen molar-refractivity contribution < 1.29 is 4.74 Å². The van der Waals surface area contributed by atoms with Crippen molar-refractivity contribution in [2.24, 2.45) is 4.99 Å². The summed E-state index contributed by atoms with van der Waals surface area (Å²) < 4.78 is 6.59. The van der Waals surface area contributed by atoms with Crippen molar-refractivity contribution >= 4 is 28.0 Å². The Morgan fingerprint density at radius 3 is 2.73 bits per heavy atom. The SMILES string of the molecule is CCN(C)/C=N/c1cc(Br)c(OCc2ccccc2)nc1C. The fourth-order valence-corrected chi connectivity index (χ4v) is 2.17. The van der Waals surface area contributed by atoms with Gasteiger partial charge in [0.15, 0.2) is 0 Å². The van der Waals surface area contributed by atoms with Crippen LogP contribution < -0.4 is 4.74 Å². The van der Waals surface area contributed by atoms with Crippen molar-refractivity contribution in [3.05, 3.63) is 52.1 Å². The smallest absolute Gasteiger partial charge is 0.228 e. The van der Waals surface area contributed by atoms with E-state index in [4.69, 9.17) is 4.74 Å². The van der Waals surface area contributed by atoms with Crippen molar-refractivity contribution in [3.63, 3.8) is 0 Å². The van der Waals surface area contributed by atoms with Gasteiger partial charge in [0.25, 0.3) is 0 Å². The van der Waals surface area contributed by atoms with E-state index in [9.17, 15) is 0 Å². The van der Waals surface area contributed by atoms with Crippen molar-refractivity contribution in [2.45, 2.75) is 20.5 Å². The highest BCUT2D eigenvalue weighted by molar-refractivity contribution is 9.10. The summed E-state index contributed by atoms with van der Waals surface area (Å²) in [4.78, 5) is 10.9. The third kappa shape index (κ3) is 4.56. The van der Waals surface area contributed by atoms with Gasteiger partial charge in [0.05, 0.1) is 22.2 Å². The summed E-state index contributed by atoms with van der Waals surface area (Å²) in [5, 5.41) is 0. The fraction of sp³-hybridized carbons (Fsp3) is 0.294. The molecule has 0 saturated heterocycles. The molecule has 5 heteroatoms. The Balaban J connectivity index is 2.11. The number of hydrogen-bond donors (Lipinski definition) is 0. The summed E-state index contributed by atoms with van der Waals surface area (Å²) >= 11 is 3.50. The molecule has 4 nitrogen and oxygen atoms in total. The predicted molar refractivity (Wildman–Crippen MR) is 93.9 cm³/mol. The molecule has 1 aromatic heterocycles. The molecule has 0 aliphatic rings. The van der Waals surface area contributed by atoms with Gasteiger partial charge in [-0.2, -0.15) is 0 Å². The standard InChI is InChI=1S/C17H20BrN3O/c1-4-21(3)12-19-16-10-15(18)17(20-13(16)2)22-11-14-8-6-5-7-9-14/h5-10,12H,4,11H2,1-3H3/b19-12+. The Bertz CT molecular complexity index is 644. The molecule has 0 bridgehead atoms. The predicted octanol–water partition coefficient (Wildman–Crippen LogP) is 4.34. The molecule has 0 aliphatic heterocycles. The number of halogens is 1. The first-order chi connectivity index (χ1) is 10.6. The lowest BCUT2D eigenvalue weighted by molar-refractivity contribution is 0.291. The normalized spacial score (nSPS) is 10.9. The van der Waals surface area contributed by atoms with Crippen LogP contribution in [0, 0.1) is 6.92 Å². The van der Waals surface area contributed by atoms with E-state index < -0.39 is 0 Å². The molecule has 1 aromatic carbocycles. The molecule has 0 atom stereocenters. The van der Waals surface area contributed by atoms with Crippen LogP contribution in [0.4, 0.5) is 5.69 Å². The van der Waals surface area contributed by atoms with E-state index in [2.05, 4.69) is 32.8 Å². The number of aryl methyl sites for hydroxylation is 1. The first kappa shape index (κ1) is 16.5. The van der Waals surface area contributed by atoms with Crippen molar-refractivity contribution in [1.29, 1.82) is 0 Å². The van der Waals surface area contributed by atoms with Gasteiger partial charge in [0.2, 0.25) is 5.88 Å². The van der Waals surface area contributed by atoms with E-state index in [1.54, 1.807) is 6.34 Å². The van der Waals surface area contributed by atoms with Crippen LogP contribution in [-0.4, -0.2) is 29.8 Å². The molecule has 0 spiro atoms. The molecule has 0 unspecified atom stereocenters. The van der Waals surface area contributed by atoms with Crippen LogP contribution in [-0.2, 0) is 6.61 Å². The summed E-state index contributed by atoms with van der Waals surface area (Å²) in [6.45, 7) is 5.41. The number of rotatable bonds is 6. The monoisotopic (exact) mass is 361 g/mol. The zero-order valence-electron chi connectivity index (χ0n) is 13.1. The van der Waals surface area contributed by atoms with Gasteiger partial charge in [0.1, 0.15) is 6.61 Å². The number of pyridine rings is 1. The lowest BCUT2D eigenvalue weighted by Gasteiger charge is -2.11. The minimum atomic E-state index is 0.493. The second-order valence-corrected chi connectivity index (χ2v) is 5.83. The maximum absolute atomic E-state index is 5.79. The van der Waals surface area contributed by atoms with Gasteiger partial charge in [-0.15, -0.1) is 0 Å². The van der Waals surface area contributed by atoms with E-state index in [0.717, 1.165) is 28.0 Å². The second kappa shape index (κ2) is 7.94. The summed E-state index contributed by atoms with van der Waals surface area (Å²) in [6, 6.07) is 12.0. The van der Waals surface area contributed by atoms with E-state index in [1.165, 1.54) is 0 Å². The van der Waals surface area contributed by atoms with E-state index in [1.807, 2.05) is 55.3 Å². The Kier molecular flexibility index (Phi) is 5.95. The van der Waals surface area contributed by atoms with Gasteiger partial charge in [-0.1, -0.05) is 30.3 Å². The highest BCUT2D eigenvalue weighted by atomic mass is 79.9. The van der Waals surface area contributed by atoms with Gasteiger partial charge < -0.3 is 9.64 Å². The van der Waals surface area contributed by atoms with E-state index >= 15 is 0 Å². The topological polar surface area (TPSA) is 37.7 Å². The van der Waals surface area contributed by atoms with Gasteiger partial charge in [-0.25, -0.2) is 9.98 Å². The Morgan fingerprint density at radius 2 is 2.05 bits per heavy atom. The number of aromatic nitrogens is 1. The molecule has 2 aromatic rings. The number of aliphatic imine (C=N–C) groups is 1. The molecule has 0 fully saturated rings. The van der Waals surface area contributed by atoms with E-state index in [-0.39, 0.29) is 0 Å². The van der Waals surface area contributed by atoms with Crippen LogP contribution in [0.15, 0.2) is 45.9 Å². The maximum atomic E-state index is 5.79. The summed E-state index contributed by atoms with van der Waals surface area (Å²) in [7, 11) is 1.98. The molecular weight excluding hydrogens is 342 g/mol. The van der Waals surface area contributed by atoms with Crippen LogP contribution in [0.5, 0.6) is 5.88 Å². The molecule has 2 rings (SSSR count). The highest BCUT2D eigenvalue weighted by Crippen LogP contribution is 2.30. The largest absolute Gasteiger partial charge is 0.472 e. The van der Waals surface area contributed by atoms with Crippen molar-refractivity contribution in [2.75, 3.05) is 13.6 Å². The number of benzene rings is 1. The quantitative estimate of drug-likeness (QED) is 0.567. The van der Waals surface area contributed by atoms with Crippen LogP contribution >= 0.6 is 15.9 Å². The molecule has 0 saturated carbocycles. The second-order valence-electron chi connectivity index (χ2n) is 4.97. The van der Waals surface area contributed by atoms with Crippen LogP contribution in [0.3, 0.4) is 0 Å². The van der Waals surface area contributed by atoms with Crippen LogP contribution in [0.2, 0.25) is 0 Å². The summed E-state index contributed by atoms with van der Waals surface area (Å²) in [6.07, 6.45) is 1.81. The molecule has 1 heterocycles. The molecule has 0 radical (unpaired) electrons. The van der Waals surface area contributed by atoms with Crippen molar-refractivity contribution in [3.8, 4) is 5.88 Å². The molecule has 116 valence electrons. The third-order valence-corrected chi connectivity index (χ3v) is 3.79. The first-order valence-corrected chi connectivity index (χ1v) is 7.97. The average Bonchev–Trinajstić information content (AvgIpc) is 2.54. The number of hydrogen-bond acceptors (Lipinski definition) is 3. The minimum absolute atomic E-state index is 0.493. The molecule has 0 N–H and O–H groups in total. The Morgan fingerprint density at radius 1 is 1.32 bits per heavy atom. The first-order valence-electron chi connectivity index (χ1n) is 7.18. The Labute approximate surface area is 140 Å². The van der Waals surface area contributed by atoms with E-state index in [0.29, 0.717) is 12.5 Å². The number of nitrogens with zero attached hydrogens (tertiary/aromatic N) is 3. The van der Waals surface area contributed by atoms with Crippen LogP contribution in [0.1, 0.15) is 18.2 Å². The average molecular weight is 362 g/mol. The summed E-state index contributed by atoms with van der Waals surface area (Å²) in [5.74, 6) is 0.587. The molecule has 0 amide bonds. The zero-order valence-corrected chi connectivity index (χ0v) is 14.7. The van der Waals surface area contributed by atoms with Gasteiger partial charge in [-0.05, 0) is 41.4 Å². The van der Waals surface area contributed by atoms with Gasteiger partial charge >= 0.3 is 0 Å². The lowest BCUT2D eigenvalue weighted by Crippen LogP contribution is -2.14. The summed E-state index contributed by atoms with van der Waals surface area (Å²) in [5.41, 5.74) is 2.78. The lowest BCUT2D eigenvalue weighted by atomic mass is 10.2. The highest BCUT2D eigenvalue weighted by Gasteiger charge is 2.08.